The molecule has 4 N–H and O–H groups in total. The van der Waals surface area contributed by atoms with Crippen molar-refractivity contribution >= 4 is 11.8 Å². The Labute approximate surface area is 225 Å². The van der Waals surface area contributed by atoms with Crippen LogP contribution in [0.25, 0.3) is 0 Å². The maximum absolute atomic E-state index is 13.7. The number of nitrogens with zero attached hydrogens (tertiary/aromatic N) is 1. The molecule has 2 amide bonds. The zero-order valence-electron chi connectivity index (χ0n) is 21.7. The van der Waals surface area contributed by atoms with Gasteiger partial charge in [0, 0.05) is 30.1 Å². The molecule has 1 aliphatic heterocycles. The van der Waals surface area contributed by atoms with Crippen molar-refractivity contribution in [2.24, 2.45) is 5.92 Å². The molecule has 5 rings (SSSR count). The molecule has 4 unspecified atom stereocenters. The highest BCUT2D eigenvalue weighted by Crippen LogP contribution is 2.51. The van der Waals surface area contributed by atoms with Crippen molar-refractivity contribution in [1.29, 1.82) is 0 Å². The topological polar surface area (TPSA) is 129 Å². The molecule has 208 valence electrons. The van der Waals surface area contributed by atoms with Gasteiger partial charge in [-0.05, 0) is 54.3 Å². The smallest absolute Gasteiger partial charge is 0.247 e. The number of ether oxygens (including phenoxy) is 2. The Bertz CT molecular complexity index is 1260. The summed E-state index contributed by atoms with van der Waals surface area (Å²) in [6.07, 6.45) is 1.90. The molecule has 0 aromatic heterocycles. The van der Waals surface area contributed by atoms with E-state index in [1.165, 1.54) is 19.2 Å². The van der Waals surface area contributed by atoms with E-state index in [0.717, 1.165) is 19.3 Å². The van der Waals surface area contributed by atoms with Crippen LogP contribution < -0.4 is 14.8 Å². The molecular formula is C29H33FN2O7. The average Bonchev–Trinajstić information content (AvgIpc) is 3.30. The lowest BCUT2D eigenvalue weighted by molar-refractivity contribution is -0.145. The van der Waals surface area contributed by atoms with Gasteiger partial charge in [-0.1, -0.05) is 18.6 Å². The third kappa shape index (κ3) is 5.11. The Hall–Kier alpha value is -3.47. The standard InChI is InChI=1S/C29H33FN2O7/c1-38-23-12-17(15-34)11-20-24-21(28(36)31-9-10-33)13-22(25(35)27(24)39-26(20)23)32(29(37)18-3-2-4-18)14-16-5-7-19(30)8-6-16/h5-8,11-13,18,22,24-25,27,33-35H,2-4,9-10,14-15H2,1H3,(H,31,36). The predicted octanol–water partition coefficient (Wildman–Crippen LogP) is 1.78. The number of carbonyl (C=O) groups excluding carboxylic acids is 2. The highest BCUT2D eigenvalue weighted by Gasteiger charge is 2.52. The summed E-state index contributed by atoms with van der Waals surface area (Å²) in [4.78, 5) is 28.6. The maximum atomic E-state index is 13.7. The lowest BCUT2D eigenvalue weighted by atomic mass is 9.76. The third-order valence-electron chi connectivity index (χ3n) is 7.86. The molecule has 2 aromatic rings. The molecule has 10 heteroatoms. The monoisotopic (exact) mass is 540 g/mol. The van der Waals surface area contributed by atoms with Crippen LogP contribution in [0.5, 0.6) is 11.5 Å². The lowest BCUT2D eigenvalue weighted by Gasteiger charge is -2.42. The van der Waals surface area contributed by atoms with E-state index in [1.54, 1.807) is 35.2 Å². The van der Waals surface area contributed by atoms with E-state index < -0.39 is 35.9 Å². The minimum atomic E-state index is -1.21. The Morgan fingerprint density at radius 3 is 2.51 bits per heavy atom. The highest BCUT2D eigenvalue weighted by molar-refractivity contribution is 5.96. The summed E-state index contributed by atoms with van der Waals surface area (Å²) >= 11 is 0. The summed E-state index contributed by atoms with van der Waals surface area (Å²) < 4.78 is 25.3. The molecule has 39 heavy (non-hydrogen) atoms. The van der Waals surface area contributed by atoms with E-state index in [4.69, 9.17) is 9.47 Å². The number of hydrogen-bond acceptors (Lipinski definition) is 7. The third-order valence-corrected chi connectivity index (χ3v) is 7.86. The van der Waals surface area contributed by atoms with Crippen molar-refractivity contribution in [2.45, 2.75) is 56.6 Å². The van der Waals surface area contributed by atoms with E-state index in [9.17, 15) is 29.3 Å². The molecule has 2 aromatic carbocycles. The number of rotatable bonds is 9. The first-order chi connectivity index (χ1) is 18.9. The lowest BCUT2D eigenvalue weighted by Crippen LogP contribution is -2.56. The first kappa shape index (κ1) is 27.1. The van der Waals surface area contributed by atoms with Gasteiger partial charge >= 0.3 is 0 Å². The summed E-state index contributed by atoms with van der Waals surface area (Å²) in [6.45, 7) is -0.384. The number of aliphatic hydroxyl groups excluding tert-OH is 3. The first-order valence-corrected chi connectivity index (χ1v) is 13.2. The van der Waals surface area contributed by atoms with Crippen molar-refractivity contribution < 1.29 is 38.8 Å². The minimum Gasteiger partial charge on any atom is -0.493 e. The van der Waals surface area contributed by atoms with Crippen LogP contribution in [0.1, 0.15) is 41.9 Å². The summed E-state index contributed by atoms with van der Waals surface area (Å²) in [6, 6.07) is 8.28. The highest BCUT2D eigenvalue weighted by atomic mass is 19.1. The number of hydrogen-bond donors (Lipinski definition) is 4. The van der Waals surface area contributed by atoms with Crippen LogP contribution in [0.3, 0.4) is 0 Å². The van der Waals surface area contributed by atoms with Crippen LogP contribution in [0, 0.1) is 11.7 Å². The average molecular weight is 541 g/mol. The van der Waals surface area contributed by atoms with E-state index >= 15 is 0 Å². The quantitative estimate of drug-likeness (QED) is 0.382. The molecular weight excluding hydrogens is 507 g/mol. The number of carbonyl (C=O) groups is 2. The van der Waals surface area contributed by atoms with Gasteiger partial charge in [-0.3, -0.25) is 9.59 Å². The van der Waals surface area contributed by atoms with Crippen LogP contribution in [0.4, 0.5) is 4.39 Å². The van der Waals surface area contributed by atoms with Crippen LogP contribution in [0.15, 0.2) is 48.0 Å². The van der Waals surface area contributed by atoms with Crippen molar-refractivity contribution in [3.05, 3.63) is 70.6 Å². The summed E-state index contributed by atoms with van der Waals surface area (Å²) in [5, 5.41) is 33.5. The number of benzene rings is 2. The largest absolute Gasteiger partial charge is 0.493 e. The number of aliphatic hydroxyl groups is 3. The SMILES string of the molecule is COc1cc(CO)cc2c1OC1C2C(C(=O)NCCO)=CC(N(Cc2ccc(F)cc2)C(=O)C2CCC2)C1O. The van der Waals surface area contributed by atoms with Gasteiger partial charge in [-0.2, -0.15) is 0 Å². The predicted molar refractivity (Wildman–Crippen MR) is 138 cm³/mol. The molecule has 0 spiro atoms. The fraction of sp³-hybridized carbons (Fsp3) is 0.448. The second-order valence-electron chi connectivity index (χ2n) is 10.2. The minimum absolute atomic E-state index is 0.0226. The molecule has 4 atom stereocenters. The van der Waals surface area contributed by atoms with Gasteiger partial charge < -0.3 is 35.0 Å². The fourth-order valence-corrected chi connectivity index (χ4v) is 5.63. The number of amides is 2. The molecule has 0 radical (unpaired) electrons. The van der Waals surface area contributed by atoms with Crippen molar-refractivity contribution in [1.82, 2.24) is 10.2 Å². The van der Waals surface area contributed by atoms with Gasteiger partial charge in [-0.25, -0.2) is 4.39 Å². The van der Waals surface area contributed by atoms with Gasteiger partial charge in [0.15, 0.2) is 11.5 Å². The summed E-state index contributed by atoms with van der Waals surface area (Å²) in [5.74, 6) is -1.17. The zero-order valence-corrected chi connectivity index (χ0v) is 21.7. The van der Waals surface area contributed by atoms with Crippen LogP contribution in [-0.2, 0) is 22.7 Å². The van der Waals surface area contributed by atoms with Gasteiger partial charge in [0.25, 0.3) is 0 Å². The van der Waals surface area contributed by atoms with E-state index in [0.29, 0.717) is 28.2 Å². The molecule has 0 saturated heterocycles. The van der Waals surface area contributed by atoms with Crippen LogP contribution in [-0.4, -0.2) is 70.5 Å². The molecule has 1 fully saturated rings. The fourth-order valence-electron chi connectivity index (χ4n) is 5.63. The second-order valence-corrected chi connectivity index (χ2v) is 10.2. The van der Waals surface area contributed by atoms with Crippen molar-refractivity contribution in [3.8, 4) is 11.5 Å². The van der Waals surface area contributed by atoms with Gasteiger partial charge in [0.05, 0.1) is 32.3 Å². The van der Waals surface area contributed by atoms with Gasteiger partial charge in [0.2, 0.25) is 11.8 Å². The summed E-state index contributed by atoms with van der Waals surface area (Å²) in [5.41, 5.74) is 2.11. The summed E-state index contributed by atoms with van der Waals surface area (Å²) in [7, 11) is 1.47. The van der Waals surface area contributed by atoms with Gasteiger partial charge in [-0.15, -0.1) is 0 Å². The van der Waals surface area contributed by atoms with Crippen LogP contribution >= 0.6 is 0 Å². The van der Waals surface area contributed by atoms with E-state index in [1.807, 2.05) is 0 Å². The molecule has 3 aliphatic rings. The normalized spacial score (nSPS) is 23.6. The first-order valence-electron chi connectivity index (χ1n) is 13.2. The van der Waals surface area contributed by atoms with E-state index in [-0.39, 0.29) is 43.7 Å². The molecule has 1 saturated carbocycles. The molecule has 0 bridgehead atoms. The van der Waals surface area contributed by atoms with Crippen molar-refractivity contribution in [2.75, 3.05) is 20.3 Å². The Balaban J connectivity index is 1.59. The van der Waals surface area contributed by atoms with Crippen molar-refractivity contribution in [3.63, 3.8) is 0 Å². The Kier molecular flexibility index (Phi) is 7.88. The Morgan fingerprint density at radius 2 is 1.90 bits per heavy atom. The molecule has 9 nitrogen and oxygen atoms in total. The zero-order chi connectivity index (χ0) is 27.7. The second kappa shape index (κ2) is 11.3. The number of methoxy groups -OCH3 is 1. The van der Waals surface area contributed by atoms with Gasteiger partial charge in [0.1, 0.15) is 18.0 Å². The number of nitrogens with one attached hydrogen (secondary N) is 1. The number of fused-ring (bicyclic) bond motifs is 3. The van der Waals surface area contributed by atoms with Crippen LogP contribution in [0.2, 0.25) is 0 Å². The number of halogens is 1. The molecule has 2 aliphatic carbocycles. The maximum Gasteiger partial charge on any atom is 0.247 e. The van der Waals surface area contributed by atoms with E-state index in [2.05, 4.69) is 5.32 Å². The Morgan fingerprint density at radius 1 is 1.15 bits per heavy atom. The molecule has 1 heterocycles.